The van der Waals surface area contributed by atoms with Crippen LogP contribution in [0.25, 0.3) is 5.69 Å². The first-order valence-corrected chi connectivity index (χ1v) is 5.33. The summed E-state index contributed by atoms with van der Waals surface area (Å²) in [4.78, 5) is 14.5. The monoisotopic (exact) mass is 231 g/mol. The highest BCUT2D eigenvalue weighted by atomic mass is 16.4. The summed E-state index contributed by atoms with van der Waals surface area (Å²) in [5.41, 5.74) is 1.78. The van der Waals surface area contributed by atoms with Gasteiger partial charge in [0.15, 0.2) is 0 Å². The minimum atomic E-state index is -1.03. The van der Waals surface area contributed by atoms with Crippen LogP contribution in [0, 0.1) is 0 Å². The predicted molar refractivity (Wildman–Crippen MR) is 62.4 cm³/mol. The SMILES string of the molecule is CC(C)c1ccn(-c2ccc(C(=O)O)nc2)n1. The molecule has 17 heavy (non-hydrogen) atoms. The van der Waals surface area contributed by atoms with Gasteiger partial charge in [0.1, 0.15) is 5.69 Å². The largest absolute Gasteiger partial charge is 0.477 e. The molecule has 0 aliphatic heterocycles. The first-order chi connectivity index (χ1) is 8.08. The van der Waals surface area contributed by atoms with Gasteiger partial charge in [0.05, 0.1) is 17.6 Å². The molecule has 0 aliphatic rings. The Balaban J connectivity index is 2.30. The molecule has 0 atom stereocenters. The quantitative estimate of drug-likeness (QED) is 0.878. The molecule has 0 saturated heterocycles. The summed E-state index contributed by atoms with van der Waals surface area (Å²) < 4.78 is 1.69. The maximum Gasteiger partial charge on any atom is 0.354 e. The molecule has 5 heteroatoms. The number of carboxylic acid groups (broad SMARTS) is 1. The number of aromatic carboxylic acids is 1. The molecule has 0 aromatic carbocycles. The van der Waals surface area contributed by atoms with Gasteiger partial charge in [-0.2, -0.15) is 5.10 Å². The highest BCUT2D eigenvalue weighted by Gasteiger charge is 2.07. The molecule has 88 valence electrons. The maximum absolute atomic E-state index is 10.7. The van der Waals surface area contributed by atoms with Crippen LogP contribution in [0.3, 0.4) is 0 Å². The molecule has 0 fully saturated rings. The van der Waals surface area contributed by atoms with Crippen LogP contribution in [0.15, 0.2) is 30.6 Å². The third-order valence-electron chi connectivity index (χ3n) is 2.43. The number of rotatable bonds is 3. The van der Waals surface area contributed by atoms with Crippen molar-refractivity contribution in [2.75, 3.05) is 0 Å². The van der Waals surface area contributed by atoms with Crippen molar-refractivity contribution in [1.82, 2.24) is 14.8 Å². The Morgan fingerprint density at radius 3 is 2.59 bits per heavy atom. The topological polar surface area (TPSA) is 68.0 Å². The van der Waals surface area contributed by atoms with Crippen LogP contribution in [-0.4, -0.2) is 25.8 Å². The zero-order valence-electron chi connectivity index (χ0n) is 9.66. The van der Waals surface area contributed by atoms with Crippen molar-refractivity contribution in [2.45, 2.75) is 19.8 Å². The zero-order valence-corrected chi connectivity index (χ0v) is 9.66. The number of hydrogen-bond acceptors (Lipinski definition) is 3. The lowest BCUT2D eigenvalue weighted by Crippen LogP contribution is -2.02. The molecule has 2 aromatic rings. The lowest BCUT2D eigenvalue weighted by Gasteiger charge is -2.02. The van der Waals surface area contributed by atoms with Gasteiger partial charge in [0.2, 0.25) is 0 Å². The fraction of sp³-hybridized carbons (Fsp3) is 0.250. The Bertz CT molecular complexity index is 529. The Kier molecular flexibility index (Phi) is 2.91. The van der Waals surface area contributed by atoms with Crippen molar-refractivity contribution in [3.63, 3.8) is 0 Å². The fourth-order valence-corrected chi connectivity index (χ4v) is 1.44. The van der Waals surface area contributed by atoms with Gasteiger partial charge in [0.25, 0.3) is 0 Å². The van der Waals surface area contributed by atoms with Gasteiger partial charge in [-0.05, 0) is 24.1 Å². The van der Waals surface area contributed by atoms with Crippen molar-refractivity contribution >= 4 is 5.97 Å². The van der Waals surface area contributed by atoms with E-state index in [1.54, 1.807) is 10.7 Å². The molecule has 0 radical (unpaired) electrons. The van der Waals surface area contributed by atoms with E-state index in [-0.39, 0.29) is 5.69 Å². The highest BCUT2D eigenvalue weighted by molar-refractivity contribution is 5.85. The van der Waals surface area contributed by atoms with Crippen LogP contribution in [-0.2, 0) is 0 Å². The Labute approximate surface area is 98.7 Å². The van der Waals surface area contributed by atoms with Crippen LogP contribution >= 0.6 is 0 Å². The van der Waals surface area contributed by atoms with Crippen molar-refractivity contribution in [2.24, 2.45) is 0 Å². The normalized spacial score (nSPS) is 10.8. The third kappa shape index (κ3) is 2.33. The molecule has 2 rings (SSSR count). The average Bonchev–Trinajstić information content (AvgIpc) is 2.78. The number of carbonyl (C=O) groups is 1. The molecule has 0 bridgehead atoms. The third-order valence-corrected chi connectivity index (χ3v) is 2.43. The second-order valence-electron chi connectivity index (χ2n) is 4.05. The van der Waals surface area contributed by atoms with E-state index in [0.717, 1.165) is 11.4 Å². The first kappa shape index (κ1) is 11.3. The molecule has 0 amide bonds. The molecule has 0 spiro atoms. The van der Waals surface area contributed by atoms with Gasteiger partial charge < -0.3 is 5.11 Å². The number of aromatic nitrogens is 3. The zero-order chi connectivity index (χ0) is 12.4. The van der Waals surface area contributed by atoms with E-state index in [1.165, 1.54) is 12.3 Å². The number of nitrogens with zero attached hydrogens (tertiary/aromatic N) is 3. The van der Waals surface area contributed by atoms with Gasteiger partial charge in [-0.1, -0.05) is 13.8 Å². The lowest BCUT2D eigenvalue weighted by molar-refractivity contribution is 0.0690. The summed E-state index contributed by atoms with van der Waals surface area (Å²) in [5, 5.41) is 13.1. The maximum atomic E-state index is 10.7. The van der Waals surface area contributed by atoms with E-state index >= 15 is 0 Å². The van der Waals surface area contributed by atoms with Crippen molar-refractivity contribution in [3.8, 4) is 5.69 Å². The molecule has 2 heterocycles. The second kappa shape index (κ2) is 4.37. The summed E-state index contributed by atoms with van der Waals surface area (Å²) >= 11 is 0. The molecular formula is C12H13N3O2. The molecular weight excluding hydrogens is 218 g/mol. The van der Waals surface area contributed by atoms with Crippen molar-refractivity contribution < 1.29 is 9.90 Å². The van der Waals surface area contributed by atoms with Gasteiger partial charge >= 0.3 is 5.97 Å². The van der Waals surface area contributed by atoms with Gasteiger partial charge in [-0.25, -0.2) is 14.5 Å². The van der Waals surface area contributed by atoms with Crippen LogP contribution in [0.1, 0.15) is 35.9 Å². The average molecular weight is 231 g/mol. The minimum absolute atomic E-state index is 0.0324. The number of pyridine rings is 1. The van der Waals surface area contributed by atoms with Crippen LogP contribution in [0.4, 0.5) is 0 Å². The molecule has 0 saturated carbocycles. The van der Waals surface area contributed by atoms with Crippen LogP contribution in [0.5, 0.6) is 0 Å². The number of carboxylic acids is 1. The fourth-order valence-electron chi connectivity index (χ4n) is 1.44. The van der Waals surface area contributed by atoms with Crippen LogP contribution in [0.2, 0.25) is 0 Å². The second-order valence-corrected chi connectivity index (χ2v) is 4.05. The molecule has 5 nitrogen and oxygen atoms in total. The van der Waals surface area contributed by atoms with Crippen molar-refractivity contribution in [1.29, 1.82) is 0 Å². The summed E-state index contributed by atoms with van der Waals surface area (Å²) in [5.74, 6) is -0.664. The van der Waals surface area contributed by atoms with Gasteiger partial charge in [0, 0.05) is 6.20 Å². The van der Waals surface area contributed by atoms with E-state index in [4.69, 9.17) is 5.11 Å². The minimum Gasteiger partial charge on any atom is -0.477 e. The smallest absolute Gasteiger partial charge is 0.354 e. The predicted octanol–water partition coefficient (Wildman–Crippen LogP) is 2.09. The highest BCUT2D eigenvalue weighted by Crippen LogP contribution is 2.13. The summed E-state index contributed by atoms with van der Waals surface area (Å²) in [6.45, 7) is 4.14. The van der Waals surface area contributed by atoms with E-state index in [9.17, 15) is 4.79 Å². The standard InChI is InChI=1S/C12H13N3O2/c1-8(2)10-5-6-15(14-10)9-3-4-11(12(16)17)13-7-9/h3-8H,1-2H3,(H,16,17). The molecule has 0 aliphatic carbocycles. The van der Waals surface area contributed by atoms with E-state index < -0.39 is 5.97 Å². The van der Waals surface area contributed by atoms with E-state index in [0.29, 0.717) is 5.92 Å². The van der Waals surface area contributed by atoms with Crippen LogP contribution < -0.4 is 0 Å². The van der Waals surface area contributed by atoms with Gasteiger partial charge in [-0.15, -0.1) is 0 Å². The van der Waals surface area contributed by atoms with Gasteiger partial charge in [-0.3, -0.25) is 0 Å². The molecule has 0 unspecified atom stereocenters. The number of hydrogen-bond donors (Lipinski definition) is 1. The summed E-state index contributed by atoms with van der Waals surface area (Å²) in [6, 6.07) is 5.09. The molecule has 2 aromatic heterocycles. The van der Waals surface area contributed by atoms with E-state index in [2.05, 4.69) is 23.9 Å². The summed E-state index contributed by atoms with van der Waals surface area (Å²) in [6.07, 6.45) is 3.34. The molecule has 1 N–H and O–H groups in total. The van der Waals surface area contributed by atoms with Crippen molar-refractivity contribution in [3.05, 3.63) is 42.0 Å². The first-order valence-electron chi connectivity index (χ1n) is 5.33. The Hall–Kier alpha value is -2.17. The Morgan fingerprint density at radius 2 is 2.12 bits per heavy atom. The Morgan fingerprint density at radius 1 is 1.35 bits per heavy atom. The lowest BCUT2D eigenvalue weighted by atomic mass is 10.1. The summed E-state index contributed by atoms with van der Waals surface area (Å²) in [7, 11) is 0. The van der Waals surface area contributed by atoms with E-state index in [1.807, 2.05) is 12.3 Å².